The largest absolute Gasteiger partial charge is 0.497 e. The molecule has 1 N–H and O–H groups in total. The zero-order valence-electron chi connectivity index (χ0n) is 9.36. The Kier molecular flexibility index (Phi) is 3.54. The van der Waals surface area contributed by atoms with Crippen LogP contribution in [0.2, 0.25) is 0 Å². The summed E-state index contributed by atoms with van der Waals surface area (Å²) in [5.74, 6) is 0.878. The second-order valence-electron chi connectivity index (χ2n) is 3.38. The van der Waals surface area contributed by atoms with Gasteiger partial charge in [0.2, 0.25) is 0 Å². The number of hydrogen-bond donors (Lipinski definition) is 1. The number of rotatable bonds is 4. The van der Waals surface area contributed by atoms with Crippen LogP contribution >= 0.6 is 11.3 Å². The Morgan fingerprint density at radius 1 is 1.31 bits per heavy atom. The van der Waals surface area contributed by atoms with Crippen LogP contribution in [0.5, 0.6) is 5.75 Å². The number of methoxy groups -OCH3 is 1. The number of ether oxygens (including phenoxy) is 1. The lowest BCUT2D eigenvalue weighted by Gasteiger charge is -2.00. The Balaban J connectivity index is 2.21. The fourth-order valence-corrected chi connectivity index (χ4v) is 2.37. The average molecular weight is 234 g/mol. The van der Waals surface area contributed by atoms with E-state index >= 15 is 0 Å². The van der Waals surface area contributed by atoms with Gasteiger partial charge in [-0.15, -0.1) is 11.3 Å². The van der Waals surface area contributed by atoms with Crippen molar-refractivity contribution in [2.24, 2.45) is 0 Å². The van der Waals surface area contributed by atoms with Crippen molar-refractivity contribution in [2.75, 3.05) is 14.2 Å². The molecule has 0 fully saturated rings. The zero-order valence-corrected chi connectivity index (χ0v) is 10.2. The minimum absolute atomic E-state index is 0.820. The Labute approximate surface area is 99.1 Å². The van der Waals surface area contributed by atoms with E-state index in [1.54, 1.807) is 18.4 Å². The second-order valence-corrected chi connectivity index (χ2v) is 4.49. The molecule has 1 heterocycles. The molecular weight excluding hydrogens is 220 g/mol. The standard InChI is InChI=1S/C12H14N2OS/c1-13-8-12-14-7-11(16-12)9-3-5-10(15-2)6-4-9/h3-7,13H,8H2,1-2H3. The molecule has 0 saturated carbocycles. The minimum Gasteiger partial charge on any atom is -0.497 e. The van der Waals surface area contributed by atoms with Crippen LogP contribution in [0.4, 0.5) is 0 Å². The summed E-state index contributed by atoms with van der Waals surface area (Å²) in [6.45, 7) is 0.820. The number of aromatic nitrogens is 1. The molecule has 0 aliphatic heterocycles. The highest BCUT2D eigenvalue weighted by atomic mass is 32.1. The van der Waals surface area contributed by atoms with Gasteiger partial charge >= 0.3 is 0 Å². The molecule has 2 rings (SSSR count). The molecule has 0 unspecified atom stereocenters. The summed E-state index contributed by atoms with van der Waals surface area (Å²) in [6, 6.07) is 8.03. The van der Waals surface area contributed by atoms with Crippen LogP contribution in [0.1, 0.15) is 5.01 Å². The van der Waals surface area contributed by atoms with Gasteiger partial charge in [0, 0.05) is 12.7 Å². The van der Waals surface area contributed by atoms with Gasteiger partial charge in [-0.3, -0.25) is 0 Å². The van der Waals surface area contributed by atoms with Gasteiger partial charge in [0.15, 0.2) is 0 Å². The van der Waals surface area contributed by atoms with Crippen LogP contribution in [-0.2, 0) is 6.54 Å². The van der Waals surface area contributed by atoms with E-state index in [1.165, 1.54) is 10.4 Å². The molecule has 0 saturated heterocycles. The Bertz CT molecular complexity index is 450. The highest BCUT2D eigenvalue weighted by molar-refractivity contribution is 7.15. The summed E-state index contributed by atoms with van der Waals surface area (Å²) < 4.78 is 5.13. The zero-order chi connectivity index (χ0) is 11.4. The summed E-state index contributed by atoms with van der Waals surface area (Å²) in [7, 11) is 3.60. The quantitative estimate of drug-likeness (QED) is 0.882. The summed E-state index contributed by atoms with van der Waals surface area (Å²) in [6.07, 6.45) is 1.92. The first-order valence-corrected chi connectivity index (χ1v) is 5.89. The molecule has 0 aliphatic carbocycles. The lowest BCUT2D eigenvalue weighted by molar-refractivity contribution is 0.415. The SMILES string of the molecule is CNCc1ncc(-c2ccc(OC)cc2)s1. The number of benzene rings is 1. The first-order valence-electron chi connectivity index (χ1n) is 5.07. The van der Waals surface area contributed by atoms with Crippen LogP contribution in [0.3, 0.4) is 0 Å². The topological polar surface area (TPSA) is 34.2 Å². The Morgan fingerprint density at radius 2 is 2.06 bits per heavy atom. The van der Waals surface area contributed by atoms with Gasteiger partial charge in [-0.1, -0.05) is 0 Å². The van der Waals surface area contributed by atoms with Crippen molar-refractivity contribution in [3.05, 3.63) is 35.5 Å². The van der Waals surface area contributed by atoms with Gasteiger partial charge in [0.05, 0.1) is 12.0 Å². The lowest BCUT2D eigenvalue weighted by atomic mass is 10.2. The third kappa shape index (κ3) is 2.40. The highest BCUT2D eigenvalue weighted by Gasteiger charge is 2.03. The smallest absolute Gasteiger partial charge is 0.118 e. The Hall–Kier alpha value is -1.39. The Morgan fingerprint density at radius 3 is 2.69 bits per heavy atom. The molecule has 0 spiro atoms. The molecule has 84 valence electrons. The van der Waals surface area contributed by atoms with E-state index < -0.39 is 0 Å². The van der Waals surface area contributed by atoms with Crippen LogP contribution in [-0.4, -0.2) is 19.1 Å². The van der Waals surface area contributed by atoms with Crippen molar-refractivity contribution < 1.29 is 4.74 Å². The second kappa shape index (κ2) is 5.09. The number of hydrogen-bond acceptors (Lipinski definition) is 4. The van der Waals surface area contributed by atoms with E-state index in [0.717, 1.165) is 17.3 Å². The van der Waals surface area contributed by atoms with Crippen LogP contribution in [0.15, 0.2) is 30.5 Å². The molecule has 1 aromatic carbocycles. The van der Waals surface area contributed by atoms with Crippen molar-refractivity contribution in [2.45, 2.75) is 6.54 Å². The lowest BCUT2D eigenvalue weighted by Crippen LogP contribution is -2.03. The molecule has 0 radical (unpaired) electrons. The molecular formula is C12H14N2OS. The molecule has 16 heavy (non-hydrogen) atoms. The fourth-order valence-electron chi connectivity index (χ4n) is 1.43. The van der Waals surface area contributed by atoms with Gasteiger partial charge in [-0.2, -0.15) is 0 Å². The van der Waals surface area contributed by atoms with Crippen LogP contribution < -0.4 is 10.1 Å². The maximum Gasteiger partial charge on any atom is 0.118 e. The van der Waals surface area contributed by atoms with Gasteiger partial charge in [0.1, 0.15) is 10.8 Å². The van der Waals surface area contributed by atoms with Crippen molar-refractivity contribution in [1.82, 2.24) is 10.3 Å². The van der Waals surface area contributed by atoms with Crippen molar-refractivity contribution in [3.63, 3.8) is 0 Å². The normalized spacial score (nSPS) is 10.4. The van der Waals surface area contributed by atoms with E-state index in [-0.39, 0.29) is 0 Å². The molecule has 3 nitrogen and oxygen atoms in total. The van der Waals surface area contributed by atoms with E-state index in [1.807, 2.05) is 25.4 Å². The predicted octanol–water partition coefficient (Wildman–Crippen LogP) is 2.54. The molecule has 4 heteroatoms. The molecule has 2 aromatic rings. The minimum atomic E-state index is 0.820. The summed E-state index contributed by atoms with van der Waals surface area (Å²) in [5, 5.41) is 4.20. The maximum absolute atomic E-state index is 5.13. The summed E-state index contributed by atoms with van der Waals surface area (Å²) in [4.78, 5) is 5.54. The van der Waals surface area contributed by atoms with Crippen LogP contribution in [0, 0.1) is 0 Å². The third-order valence-corrected chi connectivity index (χ3v) is 3.30. The van der Waals surface area contributed by atoms with E-state index in [4.69, 9.17) is 4.74 Å². The van der Waals surface area contributed by atoms with E-state index in [2.05, 4.69) is 22.4 Å². The molecule has 0 amide bonds. The van der Waals surface area contributed by atoms with Crippen molar-refractivity contribution in [3.8, 4) is 16.2 Å². The van der Waals surface area contributed by atoms with E-state index in [0.29, 0.717) is 0 Å². The maximum atomic E-state index is 5.13. The first-order chi connectivity index (χ1) is 7.83. The molecule has 0 aliphatic rings. The molecule has 0 bridgehead atoms. The number of thiazole rings is 1. The molecule has 0 atom stereocenters. The van der Waals surface area contributed by atoms with Gasteiger partial charge in [0.25, 0.3) is 0 Å². The first kappa shape index (κ1) is 11.1. The van der Waals surface area contributed by atoms with Gasteiger partial charge in [-0.25, -0.2) is 4.98 Å². The number of nitrogens with one attached hydrogen (secondary N) is 1. The summed E-state index contributed by atoms with van der Waals surface area (Å²) in [5.41, 5.74) is 1.18. The van der Waals surface area contributed by atoms with E-state index in [9.17, 15) is 0 Å². The van der Waals surface area contributed by atoms with Crippen molar-refractivity contribution in [1.29, 1.82) is 0 Å². The molecule has 1 aromatic heterocycles. The summed E-state index contributed by atoms with van der Waals surface area (Å²) >= 11 is 1.71. The number of nitrogens with zero attached hydrogens (tertiary/aromatic N) is 1. The predicted molar refractivity (Wildman–Crippen MR) is 66.9 cm³/mol. The fraction of sp³-hybridized carbons (Fsp3) is 0.250. The van der Waals surface area contributed by atoms with Gasteiger partial charge in [-0.05, 0) is 36.9 Å². The third-order valence-electron chi connectivity index (χ3n) is 2.26. The highest BCUT2D eigenvalue weighted by Crippen LogP contribution is 2.27. The van der Waals surface area contributed by atoms with Gasteiger partial charge < -0.3 is 10.1 Å². The van der Waals surface area contributed by atoms with Crippen molar-refractivity contribution >= 4 is 11.3 Å². The average Bonchev–Trinajstić information content (AvgIpc) is 2.78. The van der Waals surface area contributed by atoms with Crippen LogP contribution in [0.25, 0.3) is 10.4 Å². The monoisotopic (exact) mass is 234 g/mol.